The second kappa shape index (κ2) is 9.99. The average Bonchev–Trinajstić information content (AvgIpc) is 3.39. The molecule has 0 bridgehead atoms. The van der Waals surface area contributed by atoms with Crippen molar-refractivity contribution < 1.29 is 24.6 Å². The number of rotatable bonds is 6. The van der Waals surface area contributed by atoms with E-state index < -0.39 is 17.4 Å². The van der Waals surface area contributed by atoms with Gasteiger partial charge in [-0.1, -0.05) is 19.1 Å². The number of aromatic hydroxyl groups is 2. The summed E-state index contributed by atoms with van der Waals surface area (Å²) in [6.45, 7) is 2.06. The first-order chi connectivity index (χ1) is 16.8. The van der Waals surface area contributed by atoms with Gasteiger partial charge in [0, 0.05) is 30.1 Å². The molecule has 8 nitrogen and oxygen atoms in total. The number of thiophene rings is 1. The van der Waals surface area contributed by atoms with E-state index in [-0.39, 0.29) is 48.8 Å². The Morgan fingerprint density at radius 1 is 1.11 bits per heavy atom. The lowest BCUT2D eigenvalue weighted by atomic mass is 9.90. The Balaban J connectivity index is 1.60. The summed E-state index contributed by atoms with van der Waals surface area (Å²) in [5.74, 6) is -1.74. The van der Waals surface area contributed by atoms with Crippen LogP contribution in [0.25, 0.3) is 0 Å². The maximum Gasteiger partial charge on any atom is 0.246 e. The Labute approximate surface area is 206 Å². The summed E-state index contributed by atoms with van der Waals surface area (Å²) in [5, 5.41) is 33.7. The quantitative estimate of drug-likeness (QED) is 0.513. The van der Waals surface area contributed by atoms with Gasteiger partial charge in [-0.3, -0.25) is 14.4 Å². The molecule has 0 spiro atoms. The molecule has 9 heteroatoms. The van der Waals surface area contributed by atoms with E-state index in [1.807, 2.05) is 0 Å². The number of amides is 2. The molecule has 0 radical (unpaired) electrons. The summed E-state index contributed by atoms with van der Waals surface area (Å²) < 4.78 is 0. The van der Waals surface area contributed by atoms with Gasteiger partial charge >= 0.3 is 0 Å². The number of anilines is 1. The Morgan fingerprint density at radius 3 is 2.54 bits per heavy atom. The Morgan fingerprint density at radius 2 is 1.89 bits per heavy atom. The van der Waals surface area contributed by atoms with Gasteiger partial charge in [0.15, 0.2) is 5.78 Å². The van der Waals surface area contributed by atoms with Crippen LogP contribution in [0.3, 0.4) is 0 Å². The molecule has 2 N–H and O–H groups in total. The van der Waals surface area contributed by atoms with Gasteiger partial charge in [-0.2, -0.15) is 16.6 Å². The molecule has 2 amide bonds. The number of para-hydroxylation sites is 1. The van der Waals surface area contributed by atoms with E-state index in [1.165, 1.54) is 21.1 Å². The minimum absolute atomic E-state index is 0.0145. The maximum absolute atomic E-state index is 13.3. The number of carbonyl (C=O) groups is 3. The highest BCUT2D eigenvalue weighted by Crippen LogP contribution is 2.35. The molecule has 35 heavy (non-hydrogen) atoms. The number of benzene rings is 2. The second-order valence-corrected chi connectivity index (χ2v) is 8.89. The summed E-state index contributed by atoms with van der Waals surface area (Å²) in [6, 6.07) is 11.6. The summed E-state index contributed by atoms with van der Waals surface area (Å²) in [4.78, 5) is 42.2. The molecule has 2 aromatic carbocycles. The van der Waals surface area contributed by atoms with E-state index in [0.717, 1.165) is 6.07 Å². The van der Waals surface area contributed by atoms with E-state index in [1.54, 1.807) is 48.0 Å². The lowest BCUT2D eigenvalue weighted by Crippen LogP contribution is -2.53. The van der Waals surface area contributed by atoms with Crippen molar-refractivity contribution >= 4 is 34.6 Å². The lowest BCUT2D eigenvalue weighted by Gasteiger charge is -2.35. The van der Waals surface area contributed by atoms with E-state index >= 15 is 0 Å². The average molecular weight is 490 g/mol. The largest absolute Gasteiger partial charge is 0.508 e. The van der Waals surface area contributed by atoms with Crippen LogP contribution in [0.5, 0.6) is 11.5 Å². The molecule has 0 atom stereocenters. The highest BCUT2D eigenvalue weighted by Gasteiger charge is 2.31. The molecule has 3 aromatic rings. The predicted octanol–water partition coefficient (Wildman–Crippen LogP) is 3.24. The topological polar surface area (TPSA) is 122 Å². The molecule has 2 heterocycles. The molecule has 1 aliphatic heterocycles. The number of hydrogen-bond donors (Lipinski definition) is 2. The van der Waals surface area contributed by atoms with Gasteiger partial charge in [-0.25, -0.2) is 0 Å². The highest BCUT2D eigenvalue weighted by atomic mass is 32.1. The molecule has 178 valence electrons. The molecule has 1 fully saturated rings. The molecule has 1 aliphatic rings. The monoisotopic (exact) mass is 489 g/mol. The fourth-order valence-electron chi connectivity index (χ4n) is 4.34. The fourth-order valence-corrected chi connectivity index (χ4v) is 4.97. The predicted molar refractivity (Wildman–Crippen MR) is 131 cm³/mol. The number of piperazine rings is 1. The van der Waals surface area contributed by atoms with Crippen LogP contribution in [0.2, 0.25) is 0 Å². The molecular formula is C26H23N3O5S. The first-order valence-electron chi connectivity index (χ1n) is 11.1. The molecule has 0 aliphatic carbocycles. The summed E-state index contributed by atoms with van der Waals surface area (Å²) in [6.07, 6.45) is 0.0920. The van der Waals surface area contributed by atoms with E-state index in [9.17, 15) is 29.9 Å². The number of phenolic OH excluding ortho intramolecular Hbond substituents is 2. The smallest absolute Gasteiger partial charge is 0.246 e. The second-order valence-electron chi connectivity index (χ2n) is 8.11. The summed E-state index contributed by atoms with van der Waals surface area (Å²) >= 11 is 1.34. The van der Waals surface area contributed by atoms with Crippen LogP contribution in [0, 0.1) is 11.3 Å². The van der Waals surface area contributed by atoms with E-state index in [0.29, 0.717) is 28.8 Å². The van der Waals surface area contributed by atoms with Crippen molar-refractivity contribution in [3.05, 3.63) is 75.0 Å². The van der Waals surface area contributed by atoms with Crippen LogP contribution in [0.1, 0.15) is 39.5 Å². The number of nitriles is 1. The molecular weight excluding hydrogens is 466 g/mol. The van der Waals surface area contributed by atoms with Gasteiger partial charge in [0.05, 0.1) is 23.2 Å². The molecule has 1 saturated heterocycles. The van der Waals surface area contributed by atoms with E-state index in [2.05, 4.69) is 6.07 Å². The third-order valence-corrected chi connectivity index (χ3v) is 6.77. The first-order valence-corrected chi connectivity index (χ1v) is 12.0. The van der Waals surface area contributed by atoms with Crippen molar-refractivity contribution in [2.75, 3.05) is 24.5 Å². The van der Waals surface area contributed by atoms with Crippen molar-refractivity contribution in [1.82, 2.24) is 4.90 Å². The zero-order valence-electron chi connectivity index (χ0n) is 19.0. The number of ketones is 1. The molecule has 0 saturated carbocycles. The molecule has 0 unspecified atom stereocenters. The normalized spacial score (nSPS) is 13.5. The highest BCUT2D eigenvalue weighted by molar-refractivity contribution is 7.08. The van der Waals surface area contributed by atoms with Crippen LogP contribution in [0.15, 0.2) is 47.2 Å². The van der Waals surface area contributed by atoms with Crippen molar-refractivity contribution in [3.63, 3.8) is 0 Å². The van der Waals surface area contributed by atoms with Crippen LogP contribution in [0.4, 0.5) is 5.69 Å². The Kier molecular flexibility index (Phi) is 6.85. The number of phenols is 2. The van der Waals surface area contributed by atoms with Crippen molar-refractivity contribution in [1.29, 1.82) is 5.26 Å². The van der Waals surface area contributed by atoms with Crippen LogP contribution in [-0.4, -0.2) is 52.3 Å². The van der Waals surface area contributed by atoms with Crippen LogP contribution >= 0.6 is 11.3 Å². The van der Waals surface area contributed by atoms with Crippen molar-refractivity contribution in [2.45, 2.75) is 19.8 Å². The molecule has 4 rings (SSSR count). The minimum Gasteiger partial charge on any atom is -0.508 e. The minimum atomic E-state index is -0.435. The van der Waals surface area contributed by atoms with Gasteiger partial charge in [-0.15, -0.1) is 0 Å². The number of carbonyl (C=O) groups excluding carboxylic acids is 3. The van der Waals surface area contributed by atoms with Crippen LogP contribution < -0.4 is 4.90 Å². The van der Waals surface area contributed by atoms with Gasteiger partial charge < -0.3 is 20.0 Å². The van der Waals surface area contributed by atoms with E-state index in [4.69, 9.17) is 0 Å². The zero-order chi connectivity index (χ0) is 25.1. The maximum atomic E-state index is 13.3. The lowest BCUT2D eigenvalue weighted by molar-refractivity contribution is -0.136. The van der Waals surface area contributed by atoms with Gasteiger partial charge in [0.1, 0.15) is 24.1 Å². The number of hydrogen-bond acceptors (Lipinski definition) is 7. The van der Waals surface area contributed by atoms with Crippen molar-refractivity contribution in [2.24, 2.45) is 0 Å². The summed E-state index contributed by atoms with van der Waals surface area (Å²) in [7, 11) is 0. The SMILES string of the molecule is CCc1c(O)cc(O)c(C(=O)c2ccsc2)c1CC(=O)N1CCN(c2ccccc2C#N)C(=O)C1. The third kappa shape index (κ3) is 4.61. The zero-order valence-corrected chi connectivity index (χ0v) is 19.8. The van der Waals surface area contributed by atoms with Gasteiger partial charge in [0.2, 0.25) is 11.8 Å². The Hall–Kier alpha value is -4.16. The number of nitrogens with zero attached hydrogens (tertiary/aromatic N) is 3. The summed E-state index contributed by atoms with van der Waals surface area (Å²) in [5.41, 5.74) is 1.91. The van der Waals surface area contributed by atoms with Crippen molar-refractivity contribution in [3.8, 4) is 17.6 Å². The fraction of sp³-hybridized carbons (Fsp3) is 0.231. The third-order valence-electron chi connectivity index (χ3n) is 6.09. The Bertz CT molecular complexity index is 1340. The van der Waals surface area contributed by atoms with Gasteiger partial charge in [0.25, 0.3) is 0 Å². The van der Waals surface area contributed by atoms with Gasteiger partial charge in [-0.05, 0) is 41.1 Å². The standard InChI is InChI=1S/C26H23N3O5S/c1-2-18-19(25(22(31)12-21(18)30)26(34)17-7-10-35-15-17)11-23(32)28-8-9-29(24(33)14-28)20-6-4-3-5-16(20)13-27/h3-7,10,12,15,30-31H,2,8-9,11,14H2,1H3. The van der Waals surface area contributed by atoms with Crippen LogP contribution in [-0.2, 0) is 22.4 Å². The first kappa shape index (κ1) is 24.0. The molecule has 1 aromatic heterocycles.